The average molecular weight is 277 g/mol. The van der Waals surface area contributed by atoms with E-state index in [4.69, 9.17) is 0 Å². The fourth-order valence-corrected chi connectivity index (χ4v) is 2.56. The number of fused-ring (bicyclic) bond motifs is 1. The molecule has 20 heavy (non-hydrogen) atoms. The highest BCUT2D eigenvalue weighted by molar-refractivity contribution is 5.82. The van der Waals surface area contributed by atoms with Crippen LogP contribution in [0.4, 0.5) is 4.39 Å². The Morgan fingerprint density at radius 2 is 2.05 bits per heavy atom. The monoisotopic (exact) mass is 277 g/mol. The summed E-state index contributed by atoms with van der Waals surface area (Å²) in [5.41, 5.74) is 3.46. The number of imidazole rings is 1. The van der Waals surface area contributed by atoms with Gasteiger partial charge in [0.15, 0.2) is 0 Å². The van der Waals surface area contributed by atoms with Gasteiger partial charge in [0.25, 0.3) is 0 Å². The maximum atomic E-state index is 13.9. The molecule has 0 unspecified atom stereocenters. The molecule has 0 spiro atoms. The van der Waals surface area contributed by atoms with E-state index in [0.717, 1.165) is 47.6 Å². The van der Waals surface area contributed by atoms with Gasteiger partial charge in [-0.1, -0.05) is 20.8 Å². The molecule has 0 bridgehead atoms. The number of hydrogen-bond donors (Lipinski definition) is 1. The molecule has 0 aliphatic carbocycles. The van der Waals surface area contributed by atoms with Crippen molar-refractivity contribution in [2.75, 3.05) is 13.1 Å². The molecular weight excluding hydrogens is 253 g/mol. The van der Waals surface area contributed by atoms with Crippen LogP contribution in [-0.4, -0.2) is 28.0 Å². The molecule has 1 fully saturated rings. The van der Waals surface area contributed by atoms with Crippen molar-refractivity contribution >= 4 is 11.0 Å². The molecule has 0 saturated carbocycles. The van der Waals surface area contributed by atoms with Gasteiger partial charge >= 0.3 is 0 Å². The van der Waals surface area contributed by atoms with Gasteiger partial charge in [0.1, 0.15) is 11.6 Å². The van der Waals surface area contributed by atoms with Crippen molar-refractivity contribution in [3.05, 3.63) is 28.8 Å². The maximum absolute atomic E-state index is 13.9. The molecular formula is C16H24FN3. The van der Waals surface area contributed by atoms with Gasteiger partial charge in [0.05, 0.1) is 17.6 Å². The topological polar surface area (TPSA) is 31.9 Å². The molecule has 110 valence electrons. The van der Waals surface area contributed by atoms with Crippen molar-refractivity contribution in [3.63, 3.8) is 0 Å². The van der Waals surface area contributed by atoms with Crippen LogP contribution in [0.5, 0.6) is 0 Å². The molecule has 2 heterocycles. The van der Waals surface area contributed by atoms with Crippen LogP contribution in [-0.2, 0) is 13.0 Å². The Kier molecular flexibility index (Phi) is 4.76. The van der Waals surface area contributed by atoms with Crippen molar-refractivity contribution in [2.45, 2.75) is 47.1 Å². The van der Waals surface area contributed by atoms with E-state index >= 15 is 0 Å². The molecule has 1 aliphatic heterocycles. The Morgan fingerprint density at radius 1 is 1.35 bits per heavy atom. The molecule has 1 saturated heterocycles. The second-order valence-electron chi connectivity index (χ2n) is 5.04. The lowest BCUT2D eigenvalue weighted by molar-refractivity contribution is 0.169. The maximum Gasteiger partial charge on any atom is 0.128 e. The Hall–Kier alpha value is -1.42. The first-order chi connectivity index (χ1) is 9.69. The summed E-state index contributed by atoms with van der Waals surface area (Å²) in [4.78, 5) is 10.3. The van der Waals surface area contributed by atoms with E-state index in [2.05, 4.69) is 14.9 Å². The van der Waals surface area contributed by atoms with Crippen LogP contribution in [0.2, 0.25) is 0 Å². The predicted octanol–water partition coefficient (Wildman–Crippen LogP) is 3.80. The minimum Gasteiger partial charge on any atom is -0.341 e. The van der Waals surface area contributed by atoms with E-state index < -0.39 is 0 Å². The molecule has 0 amide bonds. The minimum atomic E-state index is -0.123. The Labute approximate surface area is 120 Å². The van der Waals surface area contributed by atoms with Crippen molar-refractivity contribution < 1.29 is 4.39 Å². The number of benzene rings is 1. The summed E-state index contributed by atoms with van der Waals surface area (Å²) >= 11 is 0. The molecule has 4 heteroatoms. The van der Waals surface area contributed by atoms with Crippen LogP contribution < -0.4 is 0 Å². The van der Waals surface area contributed by atoms with Crippen molar-refractivity contribution in [1.29, 1.82) is 0 Å². The van der Waals surface area contributed by atoms with E-state index in [1.807, 2.05) is 27.7 Å². The second-order valence-corrected chi connectivity index (χ2v) is 5.04. The number of hydrogen-bond acceptors (Lipinski definition) is 2. The summed E-state index contributed by atoms with van der Waals surface area (Å²) in [5, 5.41) is 0. The van der Waals surface area contributed by atoms with Crippen LogP contribution >= 0.6 is 0 Å². The third kappa shape index (κ3) is 2.70. The summed E-state index contributed by atoms with van der Waals surface area (Å²) < 4.78 is 13.9. The van der Waals surface area contributed by atoms with Crippen LogP contribution in [0.25, 0.3) is 11.0 Å². The quantitative estimate of drug-likeness (QED) is 0.925. The van der Waals surface area contributed by atoms with Gasteiger partial charge in [0, 0.05) is 5.56 Å². The van der Waals surface area contributed by atoms with Crippen molar-refractivity contribution in [2.24, 2.45) is 0 Å². The van der Waals surface area contributed by atoms with Gasteiger partial charge in [-0.15, -0.1) is 0 Å². The fourth-order valence-electron chi connectivity index (χ4n) is 2.56. The predicted molar refractivity (Wildman–Crippen MR) is 81.4 cm³/mol. The smallest absolute Gasteiger partial charge is 0.128 e. The fraction of sp³-hybridized carbons (Fsp3) is 0.562. The Morgan fingerprint density at radius 3 is 2.60 bits per heavy atom. The molecule has 1 aliphatic rings. The van der Waals surface area contributed by atoms with E-state index in [1.165, 1.54) is 6.42 Å². The highest BCUT2D eigenvalue weighted by Crippen LogP contribution is 2.24. The number of aryl methyl sites for hydroxylation is 2. The number of nitrogens with zero attached hydrogens (tertiary/aromatic N) is 2. The van der Waals surface area contributed by atoms with Crippen LogP contribution in [0.3, 0.4) is 0 Å². The SMILES string of the molecule is CC.CCc1c(F)cc(C)c2nc(CN3CCC3)[nH]c12. The number of H-pyrrole nitrogens is 1. The first-order valence-corrected chi connectivity index (χ1v) is 7.58. The highest BCUT2D eigenvalue weighted by Gasteiger charge is 2.18. The average Bonchev–Trinajstić information content (AvgIpc) is 2.81. The number of rotatable bonds is 3. The zero-order valence-electron chi connectivity index (χ0n) is 12.9. The lowest BCUT2D eigenvalue weighted by Crippen LogP contribution is -2.36. The number of aromatic amines is 1. The van der Waals surface area contributed by atoms with E-state index in [9.17, 15) is 4.39 Å². The second kappa shape index (κ2) is 6.35. The largest absolute Gasteiger partial charge is 0.341 e. The molecule has 3 nitrogen and oxygen atoms in total. The van der Waals surface area contributed by atoms with E-state index in [-0.39, 0.29) is 5.82 Å². The van der Waals surface area contributed by atoms with E-state index in [1.54, 1.807) is 6.07 Å². The van der Waals surface area contributed by atoms with Gasteiger partial charge in [-0.25, -0.2) is 9.37 Å². The van der Waals surface area contributed by atoms with Gasteiger partial charge in [-0.05, 0) is 44.5 Å². The van der Waals surface area contributed by atoms with Gasteiger partial charge in [-0.2, -0.15) is 0 Å². The lowest BCUT2D eigenvalue weighted by Gasteiger charge is -2.29. The summed E-state index contributed by atoms with van der Waals surface area (Å²) in [7, 11) is 0. The zero-order valence-corrected chi connectivity index (χ0v) is 12.9. The highest BCUT2D eigenvalue weighted by atomic mass is 19.1. The Balaban J connectivity index is 0.000000704. The zero-order chi connectivity index (χ0) is 14.7. The van der Waals surface area contributed by atoms with Crippen LogP contribution in [0, 0.1) is 12.7 Å². The summed E-state index contributed by atoms with van der Waals surface area (Å²) in [6, 6.07) is 1.59. The normalized spacial score (nSPS) is 14.8. The molecule has 1 aromatic heterocycles. The molecule has 2 aromatic rings. The molecule has 3 rings (SSSR count). The number of halogens is 1. The molecule has 0 atom stereocenters. The van der Waals surface area contributed by atoms with Gasteiger partial charge in [0.2, 0.25) is 0 Å². The lowest BCUT2D eigenvalue weighted by atomic mass is 10.1. The molecule has 1 aromatic carbocycles. The van der Waals surface area contributed by atoms with Crippen molar-refractivity contribution in [3.8, 4) is 0 Å². The standard InChI is InChI=1S/C14H18FN3.C2H6/c1-3-10-11(15)7-9(2)13-14(10)17-12(16-13)8-18-5-4-6-18;1-2/h7H,3-6,8H2,1-2H3,(H,16,17);1-2H3. The van der Waals surface area contributed by atoms with Gasteiger partial charge < -0.3 is 4.98 Å². The Bertz CT molecular complexity index is 585. The molecule has 0 radical (unpaired) electrons. The van der Waals surface area contributed by atoms with Crippen molar-refractivity contribution in [1.82, 2.24) is 14.9 Å². The summed E-state index contributed by atoms with van der Waals surface area (Å²) in [5.74, 6) is 0.828. The minimum absolute atomic E-state index is 0.123. The summed E-state index contributed by atoms with van der Waals surface area (Å²) in [6.07, 6.45) is 1.96. The number of likely N-dealkylation sites (tertiary alicyclic amines) is 1. The molecule has 1 N–H and O–H groups in total. The first kappa shape index (κ1) is 15.0. The van der Waals surface area contributed by atoms with Crippen LogP contribution in [0.15, 0.2) is 6.07 Å². The number of nitrogens with one attached hydrogen (secondary N) is 1. The van der Waals surface area contributed by atoms with Gasteiger partial charge in [-0.3, -0.25) is 4.90 Å². The third-order valence-electron chi connectivity index (χ3n) is 3.74. The van der Waals surface area contributed by atoms with Crippen LogP contribution in [0.1, 0.15) is 44.1 Å². The summed E-state index contributed by atoms with van der Waals surface area (Å²) in [6.45, 7) is 11.0. The number of aromatic nitrogens is 2. The third-order valence-corrected chi connectivity index (χ3v) is 3.74. The first-order valence-electron chi connectivity index (χ1n) is 7.58. The van der Waals surface area contributed by atoms with E-state index in [0.29, 0.717) is 6.42 Å².